The molecule has 0 saturated heterocycles. The highest BCUT2D eigenvalue weighted by molar-refractivity contribution is 5.73. The van der Waals surface area contributed by atoms with Crippen LogP contribution in [0.4, 0.5) is 10.1 Å². The Labute approximate surface area is 94.6 Å². The second-order valence-electron chi connectivity index (χ2n) is 3.72. The Bertz CT molecular complexity index is 368. The first-order chi connectivity index (χ1) is 7.56. The Hall–Kier alpha value is -1.58. The number of rotatable bonds is 4. The normalized spacial score (nSPS) is 14.0. The summed E-state index contributed by atoms with van der Waals surface area (Å²) in [7, 11) is 1.34. The van der Waals surface area contributed by atoms with E-state index in [9.17, 15) is 9.18 Å². The smallest absolute Gasteiger partial charge is 0.310 e. The maximum absolute atomic E-state index is 13.3. The molecule has 0 fully saturated rings. The van der Waals surface area contributed by atoms with E-state index in [0.717, 1.165) is 0 Å². The van der Waals surface area contributed by atoms with E-state index in [4.69, 9.17) is 0 Å². The van der Waals surface area contributed by atoms with Crippen LogP contribution >= 0.6 is 0 Å². The number of methoxy groups -OCH3 is 1. The molecule has 1 aromatic carbocycles. The van der Waals surface area contributed by atoms with E-state index >= 15 is 0 Å². The van der Waals surface area contributed by atoms with E-state index in [2.05, 4.69) is 10.1 Å². The molecule has 0 aromatic heterocycles. The highest BCUT2D eigenvalue weighted by atomic mass is 19.1. The van der Waals surface area contributed by atoms with E-state index in [1.165, 1.54) is 13.2 Å². The average Bonchev–Trinajstić information content (AvgIpc) is 2.30. The Morgan fingerprint density at radius 2 is 2.00 bits per heavy atom. The van der Waals surface area contributed by atoms with Crippen molar-refractivity contribution in [2.45, 2.75) is 19.9 Å². The van der Waals surface area contributed by atoms with E-state index in [1.807, 2.05) is 6.92 Å². The van der Waals surface area contributed by atoms with Crippen LogP contribution in [-0.4, -0.2) is 19.1 Å². The number of hydrogen-bond donors (Lipinski definition) is 1. The minimum Gasteiger partial charge on any atom is -0.469 e. The Morgan fingerprint density at radius 3 is 2.56 bits per heavy atom. The van der Waals surface area contributed by atoms with Gasteiger partial charge in [-0.15, -0.1) is 0 Å². The molecule has 1 N–H and O–H groups in total. The van der Waals surface area contributed by atoms with Crippen LogP contribution in [0.1, 0.15) is 13.8 Å². The molecular weight excluding hydrogens is 209 g/mol. The molecule has 2 unspecified atom stereocenters. The molecule has 3 nitrogen and oxygen atoms in total. The first kappa shape index (κ1) is 12.5. The molecule has 0 radical (unpaired) electrons. The average molecular weight is 225 g/mol. The lowest BCUT2D eigenvalue weighted by Gasteiger charge is -2.20. The molecule has 0 aliphatic heterocycles. The lowest BCUT2D eigenvalue weighted by molar-refractivity contribution is -0.145. The maximum Gasteiger partial charge on any atom is 0.310 e. The number of halogens is 1. The minimum atomic E-state index is -0.329. The molecule has 0 saturated carbocycles. The van der Waals surface area contributed by atoms with E-state index in [-0.39, 0.29) is 23.7 Å². The number of nitrogens with one attached hydrogen (secondary N) is 1. The topological polar surface area (TPSA) is 38.3 Å². The molecule has 0 heterocycles. The molecule has 4 heteroatoms. The van der Waals surface area contributed by atoms with Gasteiger partial charge >= 0.3 is 5.97 Å². The fraction of sp³-hybridized carbons (Fsp3) is 0.417. The highest BCUT2D eigenvalue weighted by Crippen LogP contribution is 2.16. The molecule has 16 heavy (non-hydrogen) atoms. The van der Waals surface area contributed by atoms with Crippen LogP contribution in [0.3, 0.4) is 0 Å². The van der Waals surface area contributed by atoms with Crippen molar-refractivity contribution in [2.24, 2.45) is 5.92 Å². The molecule has 0 bridgehead atoms. The predicted molar refractivity (Wildman–Crippen MR) is 60.7 cm³/mol. The summed E-state index contributed by atoms with van der Waals surface area (Å²) in [6.07, 6.45) is 0. The van der Waals surface area contributed by atoms with Gasteiger partial charge in [-0.05, 0) is 26.0 Å². The molecule has 1 rings (SSSR count). The van der Waals surface area contributed by atoms with Crippen molar-refractivity contribution in [1.82, 2.24) is 0 Å². The van der Waals surface area contributed by atoms with Crippen LogP contribution in [0.5, 0.6) is 0 Å². The molecule has 0 aliphatic carbocycles. The second kappa shape index (κ2) is 5.49. The summed E-state index contributed by atoms with van der Waals surface area (Å²) in [5.41, 5.74) is 0.394. The third kappa shape index (κ3) is 2.95. The molecule has 1 aromatic rings. The first-order valence-corrected chi connectivity index (χ1v) is 5.15. The van der Waals surface area contributed by atoms with Crippen molar-refractivity contribution >= 4 is 11.7 Å². The monoisotopic (exact) mass is 225 g/mol. The van der Waals surface area contributed by atoms with Gasteiger partial charge in [0.1, 0.15) is 5.82 Å². The van der Waals surface area contributed by atoms with Crippen LogP contribution in [-0.2, 0) is 9.53 Å². The molecule has 0 aliphatic rings. The van der Waals surface area contributed by atoms with E-state index in [1.54, 1.807) is 25.1 Å². The van der Waals surface area contributed by atoms with Crippen molar-refractivity contribution in [3.8, 4) is 0 Å². The minimum absolute atomic E-state index is 0.190. The van der Waals surface area contributed by atoms with Gasteiger partial charge in [0.25, 0.3) is 0 Å². The number of para-hydroxylation sites is 1. The number of carbonyl (C=O) groups excluding carboxylic acids is 1. The van der Waals surface area contributed by atoms with Crippen molar-refractivity contribution < 1.29 is 13.9 Å². The van der Waals surface area contributed by atoms with Crippen molar-refractivity contribution in [3.63, 3.8) is 0 Å². The number of ether oxygens (including phenoxy) is 1. The number of hydrogen-bond acceptors (Lipinski definition) is 3. The van der Waals surface area contributed by atoms with Crippen molar-refractivity contribution in [2.75, 3.05) is 12.4 Å². The number of esters is 1. The number of anilines is 1. The van der Waals surface area contributed by atoms with Gasteiger partial charge in [-0.2, -0.15) is 0 Å². The lowest BCUT2D eigenvalue weighted by Crippen LogP contribution is -2.31. The van der Waals surface area contributed by atoms with Crippen LogP contribution in [0.2, 0.25) is 0 Å². The molecular formula is C12H16FNO2. The molecule has 88 valence electrons. The largest absolute Gasteiger partial charge is 0.469 e. The van der Waals surface area contributed by atoms with Crippen molar-refractivity contribution in [3.05, 3.63) is 30.1 Å². The quantitative estimate of drug-likeness (QED) is 0.800. The number of carbonyl (C=O) groups is 1. The van der Waals surface area contributed by atoms with E-state index in [0.29, 0.717) is 5.69 Å². The van der Waals surface area contributed by atoms with Gasteiger partial charge in [0.05, 0.1) is 18.7 Å². The van der Waals surface area contributed by atoms with E-state index < -0.39 is 0 Å². The standard InChI is InChI=1S/C12H16FNO2/c1-8(12(15)16-3)9(2)14-11-7-5-4-6-10(11)13/h4-9,14H,1-3H3. The third-order valence-electron chi connectivity index (χ3n) is 2.58. The third-order valence-corrected chi connectivity index (χ3v) is 2.58. The Kier molecular flexibility index (Phi) is 4.28. The van der Waals surface area contributed by atoms with Gasteiger partial charge < -0.3 is 10.1 Å². The zero-order valence-corrected chi connectivity index (χ0v) is 9.66. The molecule has 2 atom stereocenters. The van der Waals surface area contributed by atoms with Gasteiger partial charge in [-0.25, -0.2) is 4.39 Å². The summed E-state index contributed by atoms with van der Waals surface area (Å²) >= 11 is 0. The summed E-state index contributed by atoms with van der Waals surface area (Å²) in [5, 5.41) is 2.95. The van der Waals surface area contributed by atoms with Crippen molar-refractivity contribution in [1.29, 1.82) is 0 Å². The Balaban J connectivity index is 2.68. The summed E-state index contributed by atoms with van der Waals surface area (Å²) < 4.78 is 17.9. The highest BCUT2D eigenvalue weighted by Gasteiger charge is 2.21. The van der Waals surface area contributed by atoms with Gasteiger partial charge in [0.2, 0.25) is 0 Å². The first-order valence-electron chi connectivity index (χ1n) is 5.15. The summed E-state index contributed by atoms with van der Waals surface area (Å²) in [6, 6.07) is 6.17. The zero-order valence-electron chi connectivity index (χ0n) is 9.66. The number of benzene rings is 1. The summed E-state index contributed by atoms with van der Waals surface area (Å²) in [5.74, 6) is -0.965. The fourth-order valence-electron chi connectivity index (χ4n) is 1.34. The molecule has 0 spiro atoms. The van der Waals surface area contributed by atoms with Gasteiger partial charge in [0.15, 0.2) is 0 Å². The van der Waals surface area contributed by atoms with Gasteiger partial charge in [-0.1, -0.05) is 12.1 Å². The Morgan fingerprint density at radius 1 is 1.38 bits per heavy atom. The van der Waals surface area contributed by atoms with Gasteiger partial charge in [-0.3, -0.25) is 4.79 Å². The molecule has 0 amide bonds. The van der Waals surface area contributed by atoms with Gasteiger partial charge in [0, 0.05) is 6.04 Å². The van der Waals surface area contributed by atoms with Crippen LogP contribution in [0.25, 0.3) is 0 Å². The maximum atomic E-state index is 13.3. The second-order valence-corrected chi connectivity index (χ2v) is 3.72. The zero-order chi connectivity index (χ0) is 12.1. The summed E-state index contributed by atoms with van der Waals surface area (Å²) in [6.45, 7) is 3.55. The fourth-order valence-corrected chi connectivity index (χ4v) is 1.34. The predicted octanol–water partition coefficient (Wildman–Crippen LogP) is 2.44. The lowest BCUT2D eigenvalue weighted by atomic mass is 10.0. The van der Waals surface area contributed by atoms with Crippen LogP contribution in [0.15, 0.2) is 24.3 Å². The SMILES string of the molecule is COC(=O)C(C)C(C)Nc1ccccc1F. The van der Waals surface area contributed by atoms with Crippen LogP contribution in [0, 0.1) is 11.7 Å². The van der Waals surface area contributed by atoms with Crippen LogP contribution < -0.4 is 5.32 Å². The summed E-state index contributed by atoms with van der Waals surface area (Å²) in [4.78, 5) is 11.3.